The molecule has 1 aromatic rings. The first-order valence-corrected chi connectivity index (χ1v) is 3.87. The number of aliphatic carboxylic acids is 1. The van der Waals surface area contributed by atoms with E-state index in [1.165, 1.54) is 0 Å². The van der Waals surface area contributed by atoms with Crippen LogP contribution in [0, 0.1) is 53.8 Å². The summed E-state index contributed by atoms with van der Waals surface area (Å²) in [6.07, 6.45) is 2.66. The predicted octanol–water partition coefficient (Wildman–Crippen LogP) is 1.68. The van der Waals surface area contributed by atoms with E-state index in [-0.39, 0.29) is 46.9 Å². The van der Waals surface area contributed by atoms with Crippen molar-refractivity contribution in [3.63, 3.8) is 0 Å². The summed E-state index contributed by atoms with van der Waals surface area (Å²) in [5, 5.41) is 8.41. The van der Waals surface area contributed by atoms with Gasteiger partial charge >= 0.3 is 5.97 Å². The van der Waals surface area contributed by atoms with E-state index in [9.17, 15) is 4.79 Å². The second kappa shape index (κ2) is 6.27. The molecule has 0 unspecified atom stereocenters. The molecule has 1 aromatic carbocycles. The summed E-state index contributed by atoms with van der Waals surface area (Å²) >= 11 is 0. The van der Waals surface area contributed by atoms with Crippen LogP contribution < -0.4 is 5.73 Å². The molecular formula is C10H11NO2Yb. The third kappa shape index (κ3) is 4.31. The molecule has 0 saturated heterocycles. The zero-order chi connectivity index (χ0) is 9.84. The number of hydrogen-bond donors (Lipinski definition) is 2. The van der Waals surface area contributed by atoms with Crippen LogP contribution in [0.5, 0.6) is 0 Å². The van der Waals surface area contributed by atoms with Gasteiger partial charge in [-0.25, -0.2) is 4.79 Å². The smallest absolute Gasteiger partial charge is 0.328 e. The Hall–Kier alpha value is -0.251. The Balaban J connectivity index is 0.00000169. The molecule has 0 aliphatic carbocycles. The van der Waals surface area contributed by atoms with E-state index in [1.807, 2.05) is 13.0 Å². The standard InChI is InChI=1S/C10H11NO2.Yb/c1-7-6-9(11)4-2-8(7)3-5-10(12)13;/h2-6H,11H2,1H3,(H,12,13);/b5-3+;. The number of rotatable bonds is 2. The Kier molecular flexibility index (Phi) is 6.16. The van der Waals surface area contributed by atoms with Gasteiger partial charge in [0.15, 0.2) is 0 Å². The summed E-state index contributed by atoms with van der Waals surface area (Å²) < 4.78 is 0. The molecule has 0 aromatic heterocycles. The Morgan fingerprint density at radius 2 is 2.14 bits per heavy atom. The average molecular weight is 350 g/mol. The fourth-order valence-electron chi connectivity index (χ4n) is 1.05. The van der Waals surface area contributed by atoms with Crippen LogP contribution in [0.1, 0.15) is 11.1 Å². The Morgan fingerprint density at radius 3 is 2.64 bits per heavy atom. The zero-order valence-corrected chi connectivity index (χ0v) is 9.30. The van der Waals surface area contributed by atoms with Crippen molar-refractivity contribution >= 4 is 17.7 Å². The molecule has 3 N–H and O–H groups in total. The molecular weight excluding hydrogens is 339 g/mol. The summed E-state index contributed by atoms with van der Waals surface area (Å²) in [6.45, 7) is 1.89. The third-order valence-corrected chi connectivity index (χ3v) is 1.70. The number of aryl methyl sites for hydroxylation is 1. The van der Waals surface area contributed by atoms with E-state index in [4.69, 9.17) is 10.8 Å². The minimum absolute atomic E-state index is 0. The van der Waals surface area contributed by atoms with Gasteiger partial charge in [0.25, 0.3) is 0 Å². The van der Waals surface area contributed by atoms with Gasteiger partial charge in [-0.2, -0.15) is 0 Å². The summed E-state index contributed by atoms with van der Waals surface area (Å²) in [7, 11) is 0. The van der Waals surface area contributed by atoms with Gasteiger partial charge in [0.1, 0.15) is 0 Å². The van der Waals surface area contributed by atoms with Gasteiger partial charge in [-0.1, -0.05) is 6.07 Å². The second-order valence-corrected chi connectivity index (χ2v) is 2.79. The van der Waals surface area contributed by atoms with Gasteiger partial charge in [-0.05, 0) is 36.3 Å². The predicted molar refractivity (Wildman–Crippen MR) is 52.3 cm³/mol. The summed E-state index contributed by atoms with van der Waals surface area (Å²) in [4.78, 5) is 10.2. The van der Waals surface area contributed by atoms with E-state index in [0.717, 1.165) is 17.2 Å². The van der Waals surface area contributed by atoms with E-state index in [2.05, 4.69) is 0 Å². The first-order chi connectivity index (χ1) is 6.09. The number of carboxylic acid groups (broad SMARTS) is 1. The zero-order valence-electron chi connectivity index (χ0n) is 7.59. The molecule has 1 rings (SSSR count). The molecule has 0 saturated carbocycles. The molecule has 0 fully saturated rings. The van der Waals surface area contributed by atoms with Crippen LogP contribution in [-0.2, 0) is 4.79 Å². The number of carbonyl (C=O) groups is 1. The van der Waals surface area contributed by atoms with Crippen molar-refractivity contribution in [3.05, 3.63) is 35.4 Å². The van der Waals surface area contributed by atoms with Crippen molar-refractivity contribution in [1.29, 1.82) is 0 Å². The minimum Gasteiger partial charge on any atom is -0.478 e. The number of benzene rings is 1. The van der Waals surface area contributed by atoms with Crippen LogP contribution in [0.25, 0.3) is 6.08 Å². The fourth-order valence-corrected chi connectivity index (χ4v) is 1.05. The van der Waals surface area contributed by atoms with Crippen LogP contribution in [0.2, 0.25) is 0 Å². The SMILES string of the molecule is Cc1cc(N)ccc1/C=C/C(=O)O.[Yb]. The Labute approximate surface area is 121 Å². The molecule has 82 valence electrons. The van der Waals surface area contributed by atoms with E-state index in [1.54, 1.807) is 18.2 Å². The van der Waals surface area contributed by atoms with Gasteiger partial charge in [0, 0.05) is 58.7 Å². The average Bonchev–Trinajstić information content (AvgIpc) is 2.02. The number of hydrogen-bond acceptors (Lipinski definition) is 2. The van der Waals surface area contributed by atoms with Crippen LogP contribution in [-0.4, -0.2) is 11.1 Å². The summed E-state index contributed by atoms with van der Waals surface area (Å²) in [5.41, 5.74) is 8.07. The van der Waals surface area contributed by atoms with E-state index >= 15 is 0 Å². The molecule has 0 aliphatic heterocycles. The van der Waals surface area contributed by atoms with Crippen molar-refractivity contribution in [3.8, 4) is 0 Å². The van der Waals surface area contributed by atoms with Crippen LogP contribution >= 0.6 is 0 Å². The van der Waals surface area contributed by atoms with Gasteiger partial charge in [-0.3, -0.25) is 0 Å². The third-order valence-electron chi connectivity index (χ3n) is 1.70. The molecule has 3 nitrogen and oxygen atoms in total. The quantitative estimate of drug-likeness (QED) is 0.630. The maximum absolute atomic E-state index is 10.2. The summed E-state index contributed by atoms with van der Waals surface area (Å²) in [6, 6.07) is 5.35. The van der Waals surface area contributed by atoms with E-state index < -0.39 is 5.97 Å². The molecule has 0 radical (unpaired) electrons. The maximum Gasteiger partial charge on any atom is 0.328 e. The van der Waals surface area contributed by atoms with Crippen molar-refractivity contribution in [2.75, 3.05) is 5.73 Å². The van der Waals surface area contributed by atoms with Crippen LogP contribution in [0.3, 0.4) is 0 Å². The van der Waals surface area contributed by atoms with Crippen LogP contribution in [0.15, 0.2) is 24.3 Å². The first-order valence-electron chi connectivity index (χ1n) is 3.87. The summed E-state index contributed by atoms with van der Waals surface area (Å²) in [5.74, 6) is -0.948. The van der Waals surface area contributed by atoms with Crippen molar-refractivity contribution in [2.45, 2.75) is 6.92 Å². The van der Waals surface area contributed by atoms with E-state index in [0.29, 0.717) is 5.69 Å². The van der Waals surface area contributed by atoms with Crippen molar-refractivity contribution in [2.24, 2.45) is 0 Å². The molecule has 0 spiro atoms. The number of nitrogen functional groups attached to an aromatic ring is 1. The normalized spacial score (nSPS) is 9.79. The van der Waals surface area contributed by atoms with Crippen molar-refractivity contribution < 1.29 is 56.8 Å². The van der Waals surface area contributed by atoms with Gasteiger partial charge in [0.05, 0.1) is 0 Å². The Morgan fingerprint density at radius 1 is 1.50 bits per heavy atom. The topological polar surface area (TPSA) is 63.3 Å². The number of carboxylic acids is 1. The van der Waals surface area contributed by atoms with Gasteiger partial charge in [-0.15, -0.1) is 0 Å². The van der Waals surface area contributed by atoms with Crippen LogP contribution in [0.4, 0.5) is 5.69 Å². The fraction of sp³-hybridized carbons (Fsp3) is 0.100. The maximum atomic E-state index is 10.2. The molecule has 4 heteroatoms. The minimum atomic E-state index is -0.948. The molecule has 0 amide bonds. The molecule has 0 bridgehead atoms. The molecule has 0 heterocycles. The monoisotopic (exact) mass is 351 g/mol. The molecule has 14 heavy (non-hydrogen) atoms. The number of nitrogens with two attached hydrogens (primary N) is 1. The molecule has 0 atom stereocenters. The van der Waals surface area contributed by atoms with Gasteiger partial charge < -0.3 is 10.8 Å². The molecule has 0 aliphatic rings. The van der Waals surface area contributed by atoms with Crippen molar-refractivity contribution in [1.82, 2.24) is 0 Å². The largest absolute Gasteiger partial charge is 0.478 e. The second-order valence-electron chi connectivity index (χ2n) is 2.79. The Bertz CT molecular complexity index is 361. The van der Waals surface area contributed by atoms with Gasteiger partial charge in [0.2, 0.25) is 0 Å². The first kappa shape index (κ1) is 13.7. The number of anilines is 1.